The molecule has 0 radical (unpaired) electrons. The fourth-order valence-corrected chi connectivity index (χ4v) is 2.56. The van der Waals surface area contributed by atoms with Gasteiger partial charge >= 0.3 is 0 Å². The van der Waals surface area contributed by atoms with Gasteiger partial charge in [-0.2, -0.15) is 0 Å². The molecule has 0 saturated heterocycles. The molecule has 3 N–H and O–H groups in total. The maximum atomic E-state index is 13.4. The number of ether oxygens (including phenoxy) is 1. The third kappa shape index (κ3) is 3.10. The standard InChI is InChI=1S/C13H16FN3O4/c1-21-11-4-2-3-9(11)16-13(18)8-5-7(14)6-10(12(8)15)17(19)20/h5-6,9,11H,2-4,15H2,1H3,(H,16,18). The van der Waals surface area contributed by atoms with Crippen molar-refractivity contribution >= 4 is 17.3 Å². The van der Waals surface area contributed by atoms with Gasteiger partial charge in [0, 0.05) is 7.11 Å². The van der Waals surface area contributed by atoms with Crippen LogP contribution in [0.1, 0.15) is 29.6 Å². The van der Waals surface area contributed by atoms with Crippen LogP contribution in [0.25, 0.3) is 0 Å². The Balaban J connectivity index is 2.25. The summed E-state index contributed by atoms with van der Waals surface area (Å²) in [5, 5.41) is 13.5. The summed E-state index contributed by atoms with van der Waals surface area (Å²) in [5.74, 6) is -1.51. The smallest absolute Gasteiger partial charge is 0.295 e. The zero-order valence-corrected chi connectivity index (χ0v) is 11.5. The summed E-state index contributed by atoms with van der Waals surface area (Å²) < 4.78 is 18.7. The van der Waals surface area contributed by atoms with Crippen LogP contribution in [0.5, 0.6) is 0 Å². The van der Waals surface area contributed by atoms with Crippen molar-refractivity contribution in [1.29, 1.82) is 0 Å². The van der Waals surface area contributed by atoms with Gasteiger partial charge in [0.2, 0.25) is 0 Å². The van der Waals surface area contributed by atoms with E-state index in [1.54, 1.807) is 7.11 Å². The van der Waals surface area contributed by atoms with Gasteiger partial charge in [0.05, 0.1) is 28.7 Å². The Bertz CT molecular complexity index is 579. The lowest BCUT2D eigenvalue weighted by Crippen LogP contribution is -2.41. The molecule has 0 aliphatic heterocycles. The van der Waals surface area contributed by atoms with Crippen molar-refractivity contribution in [3.05, 3.63) is 33.6 Å². The molecular formula is C13H16FN3O4. The lowest BCUT2D eigenvalue weighted by Gasteiger charge is -2.20. The Morgan fingerprint density at radius 3 is 2.86 bits per heavy atom. The summed E-state index contributed by atoms with van der Waals surface area (Å²) in [6.45, 7) is 0. The quantitative estimate of drug-likeness (QED) is 0.499. The summed E-state index contributed by atoms with van der Waals surface area (Å²) in [6, 6.07) is 1.39. The highest BCUT2D eigenvalue weighted by Crippen LogP contribution is 2.28. The maximum absolute atomic E-state index is 13.4. The number of rotatable bonds is 4. The Hall–Kier alpha value is -2.22. The van der Waals surface area contributed by atoms with Gasteiger partial charge < -0.3 is 15.8 Å². The molecular weight excluding hydrogens is 281 g/mol. The second kappa shape index (κ2) is 6.04. The van der Waals surface area contributed by atoms with Crippen LogP contribution in [0.4, 0.5) is 15.8 Å². The van der Waals surface area contributed by atoms with Gasteiger partial charge in [-0.3, -0.25) is 14.9 Å². The third-order valence-corrected chi connectivity index (χ3v) is 3.64. The molecule has 1 aromatic rings. The van der Waals surface area contributed by atoms with E-state index < -0.39 is 22.3 Å². The molecule has 7 nitrogen and oxygen atoms in total. The number of hydrogen-bond acceptors (Lipinski definition) is 5. The Morgan fingerprint density at radius 2 is 2.24 bits per heavy atom. The van der Waals surface area contributed by atoms with Crippen molar-refractivity contribution in [2.24, 2.45) is 0 Å². The summed E-state index contributed by atoms with van der Waals surface area (Å²) in [6.07, 6.45) is 2.35. The fraction of sp³-hybridized carbons (Fsp3) is 0.462. The molecule has 0 bridgehead atoms. The largest absolute Gasteiger partial charge is 0.393 e. The maximum Gasteiger partial charge on any atom is 0.295 e. The van der Waals surface area contributed by atoms with Crippen LogP contribution in [0, 0.1) is 15.9 Å². The Labute approximate surface area is 120 Å². The van der Waals surface area contributed by atoms with Crippen LogP contribution < -0.4 is 11.1 Å². The normalized spacial score (nSPS) is 21.2. The van der Waals surface area contributed by atoms with Gasteiger partial charge in [0.15, 0.2) is 0 Å². The number of nitrogens with one attached hydrogen (secondary N) is 1. The highest BCUT2D eigenvalue weighted by atomic mass is 19.1. The van der Waals surface area contributed by atoms with Crippen LogP contribution in [0.3, 0.4) is 0 Å². The van der Waals surface area contributed by atoms with E-state index in [9.17, 15) is 19.3 Å². The van der Waals surface area contributed by atoms with E-state index in [1.165, 1.54) is 0 Å². The number of amides is 1. The number of hydrogen-bond donors (Lipinski definition) is 2. The van der Waals surface area contributed by atoms with Crippen molar-refractivity contribution in [2.45, 2.75) is 31.4 Å². The first-order valence-electron chi connectivity index (χ1n) is 6.51. The number of anilines is 1. The number of nitro benzene ring substituents is 1. The van der Waals surface area contributed by atoms with E-state index in [2.05, 4.69) is 5.32 Å². The molecule has 0 heterocycles. The first-order chi connectivity index (χ1) is 9.93. The van der Waals surface area contributed by atoms with Crippen LogP contribution in [0.2, 0.25) is 0 Å². The first-order valence-corrected chi connectivity index (χ1v) is 6.51. The number of benzene rings is 1. The van der Waals surface area contributed by atoms with Crippen molar-refractivity contribution in [2.75, 3.05) is 12.8 Å². The molecule has 1 saturated carbocycles. The van der Waals surface area contributed by atoms with E-state index >= 15 is 0 Å². The minimum absolute atomic E-state index is 0.112. The molecule has 1 aliphatic carbocycles. The van der Waals surface area contributed by atoms with Gasteiger partial charge in [0.1, 0.15) is 11.5 Å². The number of carbonyl (C=O) groups is 1. The van der Waals surface area contributed by atoms with Crippen LogP contribution in [0.15, 0.2) is 12.1 Å². The summed E-state index contributed by atoms with van der Waals surface area (Å²) in [5.41, 5.74) is 4.40. The van der Waals surface area contributed by atoms with E-state index in [-0.39, 0.29) is 23.4 Å². The van der Waals surface area contributed by atoms with Gasteiger partial charge in [-0.1, -0.05) is 0 Å². The third-order valence-electron chi connectivity index (χ3n) is 3.64. The van der Waals surface area contributed by atoms with Crippen molar-refractivity contribution in [3.8, 4) is 0 Å². The lowest BCUT2D eigenvalue weighted by atomic mass is 10.1. The minimum atomic E-state index is -0.879. The van der Waals surface area contributed by atoms with Crippen LogP contribution in [-0.4, -0.2) is 30.1 Å². The van der Waals surface area contributed by atoms with E-state index in [0.29, 0.717) is 6.07 Å². The Kier molecular flexibility index (Phi) is 4.37. The predicted molar refractivity (Wildman–Crippen MR) is 73.4 cm³/mol. The number of nitro groups is 1. The molecule has 1 aliphatic rings. The average Bonchev–Trinajstić information content (AvgIpc) is 2.87. The van der Waals surface area contributed by atoms with Crippen molar-refractivity contribution < 1.29 is 18.8 Å². The zero-order chi connectivity index (χ0) is 15.6. The number of nitrogens with two attached hydrogens (primary N) is 1. The van der Waals surface area contributed by atoms with Crippen LogP contribution >= 0.6 is 0 Å². The predicted octanol–water partition coefficient (Wildman–Crippen LogP) is 1.61. The molecule has 0 spiro atoms. The molecule has 2 unspecified atom stereocenters. The highest BCUT2D eigenvalue weighted by molar-refractivity contribution is 6.01. The molecule has 0 aromatic heterocycles. The summed E-state index contributed by atoms with van der Waals surface area (Å²) >= 11 is 0. The second-order valence-corrected chi connectivity index (χ2v) is 4.93. The monoisotopic (exact) mass is 297 g/mol. The molecule has 1 amide bonds. The summed E-state index contributed by atoms with van der Waals surface area (Å²) in [7, 11) is 1.55. The highest BCUT2D eigenvalue weighted by Gasteiger charge is 2.30. The average molecular weight is 297 g/mol. The number of nitrogens with zero attached hydrogens (tertiary/aromatic N) is 1. The van der Waals surface area contributed by atoms with Crippen molar-refractivity contribution in [1.82, 2.24) is 5.32 Å². The van der Waals surface area contributed by atoms with Crippen molar-refractivity contribution in [3.63, 3.8) is 0 Å². The van der Waals surface area contributed by atoms with Gasteiger partial charge in [-0.05, 0) is 25.3 Å². The number of carbonyl (C=O) groups excluding carboxylic acids is 1. The molecule has 2 rings (SSSR count). The molecule has 8 heteroatoms. The minimum Gasteiger partial charge on any atom is -0.393 e. The van der Waals surface area contributed by atoms with Gasteiger partial charge in [0.25, 0.3) is 11.6 Å². The Morgan fingerprint density at radius 1 is 1.52 bits per heavy atom. The second-order valence-electron chi connectivity index (χ2n) is 4.93. The topological polar surface area (TPSA) is 107 Å². The van der Waals surface area contributed by atoms with Gasteiger partial charge in [-0.15, -0.1) is 0 Å². The first kappa shape index (κ1) is 15.2. The molecule has 1 fully saturated rings. The molecule has 114 valence electrons. The SMILES string of the molecule is COC1CCCC1NC(=O)c1cc(F)cc([N+](=O)[O-])c1N. The number of nitrogen functional groups attached to an aromatic ring is 1. The lowest BCUT2D eigenvalue weighted by molar-refractivity contribution is -0.384. The van der Waals surface area contributed by atoms with E-state index in [4.69, 9.17) is 10.5 Å². The molecule has 1 aromatic carbocycles. The van der Waals surface area contributed by atoms with Crippen LogP contribution in [-0.2, 0) is 4.74 Å². The summed E-state index contributed by atoms with van der Waals surface area (Å²) in [4.78, 5) is 22.2. The van der Waals surface area contributed by atoms with E-state index in [0.717, 1.165) is 25.3 Å². The zero-order valence-electron chi connectivity index (χ0n) is 11.5. The number of halogens is 1. The van der Waals surface area contributed by atoms with E-state index in [1.807, 2.05) is 0 Å². The number of methoxy groups -OCH3 is 1. The van der Waals surface area contributed by atoms with Gasteiger partial charge in [-0.25, -0.2) is 4.39 Å². The molecule has 2 atom stereocenters. The molecule has 21 heavy (non-hydrogen) atoms. The fourth-order valence-electron chi connectivity index (χ4n) is 2.56.